The number of aryl methyl sites for hydroxylation is 4. The average Bonchev–Trinajstić information content (AvgIpc) is 3.34. The van der Waals surface area contributed by atoms with Gasteiger partial charge in [0, 0.05) is 71.7 Å². The van der Waals surface area contributed by atoms with Gasteiger partial charge in [-0.2, -0.15) is 0 Å². The summed E-state index contributed by atoms with van der Waals surface area (Å²) >= 11 is 0. The first-order valence-electron chi connectivity index (χ1n) is 23.5. The van der Waals surface area contributed by atoms with E-state index < -0.39 is 5.41 Å². The molecule has 0 aromatic heterocycles. The molecule has 0 saturated heterocycles. The highest BCUT2D eigenvalue weighted by Crippen LogP contribution is 2.48. The van der Waals surface area contributed by atoms with Crippen molar-refractivity contribution >= 4 is 45.5 Å². The number of rotatable bonds is 16. The molecule has 0 aliphatic heterocycles. The van der Waals surface area contributed by atoms with Gasteiger partial charge in [0.15, 0.2) is 0 Å². The summed E-state index contributed by atoms with van der Waals surface area (Å²) in [6, 6.07) is 72.8. The van der Waals surface area contributed by atoms with E-state index in [1.165, 1.54) is 55.9 Å². The number of nitrogens with zero attached hydrogens (tertiary/aromatic N) is 4. The van der Waals surface area contributed by atoms with Crippen molar-refractivity contribution < 1.29 is 0 Å². The summed E-state index contributed by atoms with van der Waals surface area (Å²) in [7, 11) is 0. The first kappa shape index (κ1) is 44.6. The summed E-state index contributed by atoms with van der Waals surface area (Å²) in [6.45, 7) is 21.3. The highest BCUT2D eigenvalue weighted by atomic mass is 15.1. The Morgan fingerprint density at radius 3 is 0.600 bits per heavy atom. The molecule has 8 aromatic carbocycles. The second kappa shape index (κ2) is 19.8. The van der Waals surface area contributed by atoms with E-state index in [4.69, 9.17) is 0 Å². The van der Waals surface area contributed by atoms with Crippen molar-refractivity contribution in [2.24, 2.45) is 0 Å². The standard InChI is InChI=1S/C61H64N4/c1-9-62(10-2)53-37-21-49(22-38-53)61(50-23-39-54(40-24-50)63(11-3)12-4,51-25-41-59(42-26-51)64(55-29-13-45(5)14-30-55)56-31-15-46(6)16-32-56)52-27-43-60(44-28-52)65(57-33-17-47(7)18-34-57)58-35-19-48(8)20-36-58/h13-44H,9-12H2,1-8H3. The zero-order valence-corrected chi connectivity index (χ0v) is 39.6. The van der Waals surface area contributed by atoms with E-state index >= 15 is 0 Å². The molecule has 8 rings (SSSR count). The lowest BCUT2D eigenvalue weighted by molar-refractivity contribution is 0.743. The van der Waals surface area contributed by atoms with E-state index in [0.29, 0.717) is 0 Å². The largest absolute Gasteiger partial charge is 0.372 e. The van der Waals surface area contributed by atoms with Crippen molar-refractivity contribution in [2.75, 3.05) is 45.8 Å². The van der Waals surface area contributed by atoms with Crippen LogP contribution in [0.5, 0.6) is 0 Å². The Morgan fingerprint density at radius 1 is 0.246 bits per heavy atom. The van der Waals surface area contributed by atoms with Crippen molar-refractivity contribution in [1.29, 1.82) is 0 Å². The van der Waals surface area contributed by atoms with Crippen molar-refractivity contribution in [3.05, 3.63) is 239 Å². The van der Waals surface area contributed by atoms with Gasteiger partial charge in [0.25, 0.3) is 0 Å². The Bertz CT molecular complexity index is 2440. The predicted octanol–water partition coefficient (Wildman–Crippen LogP) is 15.9. The predicted molar refractivity (Wildman–Crippen MR) is 280 cm³/mol. The van der Waals surface area contributed by atoms with Crippen LogP contribution < -0.4 is 19.6 Å². The molecular weight excluding hydrogens is 789 g/mol. The van der Waals surface area contributed by atoms with E-state index in [0.717, 1.165) is 60.3 Å². The van der Waals surface area contributed by atoms with Gasteiger partial charge in [0.1, 0.15) is 0 Å². The fourth-order valence-electron chi connectivity index (χ4n) is 9.41. The summed E-state index contributed by atoms with van der Waals surface area (Å²) < 4.78 is 0. The molecule has 0 N–H and O–H groups in total. The monoisotopic (exact) mass is 853 g/mol. The Hall–Kier alpha value is -7.04. The third-order valence-electron chi connectivity index (χ3n) is 13.1. The number of anilines is 8. The van der Waals surface area contributed by atoms with Gasteiger partial charge in [0.05, 0.1) is 5.41 Å². The minimum atomic E-state index is -0.669. The summed E-state index contributed by atoms with van der Waals surface area (Å²) in [5.41, 5.74) is 18.3. The SMILES string of the molecule is CCN(CC)c1ccc(C(c2ccc(N(CC)CC)cc2)(c2ccc(N(c3ccc(C)cc3)c3ccc(C)cc3)cc2)c2ccc(N(c3ccc(C)cc3)c3ccc(C)cc3)cc2)cc1. The van der Waals surface area contributed by atoms with Crippen LogP contribution in [0.25, 0.3) is 0 Å². The van der Waals surface area contributed by atoms with E-state index in [9.17, 15) is 0 Å². The molecule has 0 fully saturated rings. The van der Waals surface area contributed by atoms with Gasteiger partial charge in [-0.15, -0.1) is 0 Å². The van der Waals surface area contributed by atoms with Crippen LogP contribution in [0.15, 0.2) is 194 Å². The third kappa shape index (κ3) is 9.17. The normalized spacial score (nSPS) is 11.3. The first-order valence-corrected chi connectivity index (χ1v) is 23.5. The van der Waals surface area contributed by atoms with E-state index in [1.54, 1.807) is 0 Å². The van der Waals surface area contributed by atoms with Crippen molar-refractivity contribution in [3.63, 3.8) is 0 Å². The van der Waals surface area contributed by atoms with Gasteiger partial charge in [-0.05, 0) is 175 Å². The molecule has 0 saturated carbocycles. The minimum absolute atomic E-state index is 0.669. The Labute approximate surface area is 389 Å². The molecule has 0 atom stereocenters. The van der Waals surface area contributed by atoms with E-state index in [2.05, 4.69) is 269 Å². The number of hydrogen-bond donors (Lipinski definition) is 0. The van der Waals surface area contributed by atoms with Gasteiger partial charge in [-0.3, -0.25) is 0 Å². The van der Waals surface area contributed by atoms with Crippen LogP contribution in [-0.4, -0.2) is 26.2 Å². The molecule has 0 amide bonds. The van der Waals surface area contributed by atoms with Gasteiger partial charge in [-0.25, -0.2) is 0 Å². The van der Waals surface area contributed by atoms with E-state index in [1.807, 2.05) is 0 Å². The topological polar surface area (TPSA) is 13.0 Å². The van der Waals surface area contributed by atoms with Crippen LogP contribution in [0.2, 0.25) is 0 Å². The highest BCUT2D eigenvalue weighted by molar-refractivity contribution is 5.79. The first-order chi connectivity index (χ1) is 31.7. The Morgan fingerprint density at radius 2 is 0.415 bits per heavy atom. The summed E-state index contributed by atoms with van der Waals surface area (Å²) in [6.07, 6.45) is 0. The molecule has 4 nitrogen and oxygen atoms in total. The zero-order chi connectivity index (χ0) is 45.5. The van der Waals surface area contributed by atoms with Gasteiger partial charge in [0.2, 0.25) is 0 Å². The van der Waals surface area contributed by atoms with Crippen molar-refractivity contribution in [3.8, 4) is 0 Å². The zero-order valence-electron chi connectivity index (χ0n) is 39.6. The van der Waals surface area contributed by atoms with Gasteiger partial charge >= 0.3 is 0 Å². The fourth-order valence-corrected chi connectivity index (χ4v) is 9.41. The molecule has 0 heterocycles. The molecule has 4 heteroatoms. The van der Waals surface area contributed by atoms with Crippen LogP contribution in [0.4, 0.5) is 45.5 Å². The molecule has 8 aromatic rings. The van der Waals surface area contributed by atoms with Gasteiger partial charge < -0.3 is 19.6 Å². The summed E-state index contributed by atoms with van der Waals surface area (Å²) in [4.78, 5) is 9.57. The molecule has 328 valence electrons. The molecule has 0 unspecified atom stereocenters. The Kier molecular flexibility index (Phi) is 13.6. The highest BCUT2D eigenvalue weighted by Gasteiger charge is 2.39. The maximum atomic E-state index is 2.42. The lowest BCUT2D eigenvalue weighted by Crippen LogP contribution is -2.31. The average molecular weight is 853 g/mol. The second-order valence-electron chi connectivity index (χ2n) is 17.3. The quantitative estimate of drug-likeness (QED) is 0.0898. The van der Waals surface area contributed by atoms with Crippen LogP contribution in [0.1, 0.15) is 72.2 Å². The van der Waals surface area contributed by atoms with Crippen molar-refractivity contribution in [1.82, 2.24) is 0 Å². The fraction of sp³-hybridized carbons (Fsp3) is 0.213. The number of benzene rings is 8. The number of hydrogen-bond acceptors (Lipinski definition) is 4. The molecule has 0 radical (unpaired) electrons. The van der Waals surface area contributed by atoms with Crippen LogP contribution >= 0.6 is 0 Å². The molecule has 0 bridgehead atoms. The smallest absolute Gasteiger partial charge is 0.0701 e. The lowest BCUT2D eigenvalue weighted by atomic mass is 9.65. The Balaban J connectivity index is 1.35. The summed E-state index contributed by atoms with van der Waals surface area (Å²) in [5, 5.41) is 0. The van der Waals surface area contributed by atoms with Crippen LogP contribution in [-0.2, 0) is 5.41 Å². The maximum absolute atomic E-state index is 2.42. The summed E-state index contributed by atoms with van der Waals surface area (Å²) in [5.74, 6) is 0. The second-order valence-corrected chi connectivity index (χ2v) is 17.3. The van der Waals surface area contributed by atoms with Gasteiger partial charge in [-0.1, -0.05) is 119 Å². The third-order valence-corrected chi connectivity index (χ3v) is 13.1. The van der Waals surface area contributed by atoms with Crippen LogP contribution in [0.3, 0.4) is 0 Å². The molecule has 0 spiro atoms. The lowest BCUT2D eigenvalue weighted by Gasteiger charge is -2.38. The molecule has 65 heavy (non-hydrogen) atoms. The van der Waals surface area contributed by atoms with Crippen LogP contribution in [0, 0.1) is 27.7 Å². The van der Waals surface area contributed by atoms with Crippen molar-refractivity contribution in [2.45, 2.75) is 60.8 Å². The molecule has 0 aliphatic carbocycles. The minimum Gasteiger partial charge on any atom is -0.372 e. The maximum Gasteiger partial charge on any atom is 0.0701 e. The van der Waals surface area contributed by atoms with E-state index in [-0.39, 0.29) is 0 Å². The molecular formula is C61H64N4. The molecule has 0 aliphatic rings.